The second-order valence-electron chi connectivity index (χ2n) is 4.75. The van der Waals surface area contributed by atoms with E-state index in [9.17, 15) is 15.3 Å². The van der Waals surface area contributed by atoms with Crippen LogP contribution in [0, 0.1) is 11.8 Å². The summed E-state index contributed by atoms with van der Waals surface area (Å²) in [4.78, 5) is 0. The van der Waals surface area contributed by atoms with Crippen LogP contribution in [0.3, 0.4) is 0 Å². The first kappa shape index (κ1) is 14.4. The maximum atomic E-state index is 9.79. The lowest BCUT2D eigenvalue weighted by Crippen LogP contribution is -2.43. The maximum Gasteiger partial charge on any atom is 0.0854 e. The Morgan fingerprint density at radius 2 is 1.94 bits per heavy atom. The van der Waals surface area contributed by atoms with Crippen molar-refractivity contribution in [3.8, 4) is 0 Å². The molecule has 0 aliphatic heterocycles. The van der Waals surface area contributed by atoms with Crippen LogP contribution in [0.15, 0.2) is 24.3 Å². The summed E-state index contributed by atoms with van der Waals surface area (Å²) in [6.07, 6.45) is 10.3. The molecule has 0 bridgehead atoms. The van der Waals surface area contributed by atoms with Crippen molar-refractivity contribution in [3.63, 3.8) is 0 Å². The van der Waals surface area contributed by atoms with Gasteiger partial charge >= 0.3 is 0 Å². The fraction of sp³-hybridized carbons (Fsp3) is 0.714. The predicted octanol–water partition coefficient (Wildman–Crippen LogP) is 1.64. The van der Waals surface area contributed by atoms with Gasteiger partial charge in [0.25, 0.3) is 0 Å². The van der Waals surface area contributed by atoms with E-state index in [-0.39, 0.29) is 18.4 Å². The number of aliphatic hydroxyl groups excluding tert-OH is 3. The van der Waals surface area contributed by atoms with Gasteiger partial charge in [0.05, 0.1) is 12.2 Å². The van der Waals surface area contributed by atoms with E-state index in [0.717, 1.165) is 19.3 Å². The lowest BCUT2D eigenvalue weighted by Gasteiger charge is -2.36. The molecule has 3 heteroatoms. The molecular formula is C14H24O3. The summed E-state index contributed by atoms with van der Waals surface area (Å²) in [6.45, 7) is 2.06. The number of hydrogen-bond acceptors (Lipinski definition) is 3. The average Bonchev–Trinajstić information content (AvgIpc) is 2.33. The minimum absolute atomic E-state index is 0.0775. The van der Waals surface area contributed by atoms with Crippen molar-refractivity contribution in [3.05, 3.63) is 24.3 Å². The minimum Gasteiger partial charge on any atom is -0.396 e. The van der Waals surface area contributed by atoms with Crippen molar-refractivity contribution in [2.24, 2.45) is 11.8 Å². The van der Waals surface area contributed by atoms with Crippen LogP contribution in [0.2, 0.25) is 0 Å². The molecule has 4 atom stereocenters. The molecule has 1 fully saturated rings. The molecule has 0 radical (unpaired) electrons. The summed E-state index contributed by atoms with van der Waals surface area (Å²) in [5.74, 6) is -0.0840. The van der Waals surface area contributed by atoms with Gasteiger partial charge in [-0.2, -0.15) is 0 Å². The highest BCUT2D eigenvalue weighted by Crippen LogP contribution is 2.31. The molecule has 98 valence electrons. The van der Waals surface area contributed by atoms with Gasteiger partial charge in [-0.25, -0.2) is 0 Å². The topological polar surface area (TPSA) is 60.7 Å². The molecule has 1 rings (SSSR count). The average molecular weight is 240 g/mol. The first-order valence-corrected chi connectivity index (χ1v) is 6.51. The highest BCUT2D eigenvalue weighted by molar-refractivity contribution is 5.07. The Bertz CT molecular complexity index is 260. The summed E-state index contributed by atoms with van der Waals surface area (Å²) in [5, 5.41) is 28.6. The van der Waals surface area contributed by atoms with Crippen LogP contribution in [0.4, 0.5) is 0 Å². The zero-order chi connectivity index (χ0) is 12.7. The zero-order valence-corrected chi connectivity index (χ0v) is 10.5. The monoisotopic (exact) mass is 240 g/mol. The Morgan fingerprint density at radius 3 is 2.59 bits per heavy atom. The fourth-order valence-corrected chi connectivity index (χ4v) is 2.32. The first-order chi connectivity index (χ1) is 8.20. The van der Waals surface area contributed by atoms with Gasteiger partial charge in [0.2, 0.25) is 0 Å². The standard InChI is InChI=1S/C14H24O3/c1-2-3-4-5-6-7-11-8-9-13(16)14(17)12(11)10-15/h4-7,11-17H,2-3,8-10H2,1H3/b5-4+,7-6+/t11-,12-,13-,14-/m1/s1. The molecule has 1 saturated carbocycles. The largest absolute Gasteiger partial charge is 0.396 e. The summed E-state index contributed by atoms with van der Waals surface area (Å²) < 4.78 is 0. The molecule has 0 unspecified atom stereocenters. The Hall–Kier alpha value is -0.640. The van der Waals surface area contributed by atoms with E-state index >= 15 is 0 Å². The van der Waals surface area contributed by atoms with Gasteiger partial charge in [0.15, 0.2) is 0 Å². The van der Waals surface area contributed by atoms with Gasteiger partial charge in [-0.15, -0.1) is 0 Å². The Kier molecular flexibility index (Phi) is 6.48. The van der Waals surface area contributed by atoms with E-state index in [2.05, 4.69) is 13.0 Å². The van der Waals surface area contributed by atoms with Gasteiger partial charge in [0.1, 0.15) is 0 Å². The SMILES string of the molecule is CCC/C=C/C=C/[C@@H]1CC[C@@H](O)[C@H](O)[C@@H]1CO. The van der Waals surface area contributed by atoms with Gasteiger partial charge in [0, 0.05) is 12.5 Å². The summed E-state index contributed by atoms with van der Waals surface area (Å²) in [5.41, 5.74) is 0. The van der Waals surface area contributed by atoms with Crippen LogP contribution in [0.25, 0.3) is 0 Å². The van der Waals surface area contributed by atoms with Crippen molar-refractivity contribution in [2.75, 3.05) is 6.61 Å². The third kappa shape index (κ3) is 4.26. The molecule has 1 aliphatic carbocycles. The molecule has 17 heavy (non-hydrogen) atoms. The van der Waals surface area contributed by atoms with Gasteiger partial charge in [-0.05, 0) is 25.2 Å². The number of aliphatic hydroxyl groups is 3. The smallest absolute Gasteiger partial charge is 0.0854 e. The molecule has 3 N–H and O–H groups in total. The van der Waals surface area contributed by atoms with E-state index in [4.69, 9.17) is 0 Å². The quantitative estimate of drug-likeness (QED) is 0.640. The minimum atomic E-state index is -0.803. The van der Waals surface area contributed by atoms with Crippen LogP contribution < -0.4 is 0 Å². The van der Waals surface area contributed by atoms with E-state index in [1.807, 2.05) is 18.2 Å². The molecule has 0 heterocycles. The van der Waals surface area contributed by atoms with Gasteiger partial charge < -0.3 is 15.3 Å². The van der Waals surface area contributed by atoms with Crippen molar-refractivity contribution in [2.45, 2.75) is 44.8 Å². The fourth-order valence-electron chi connectivity index (χ4n) is 2.32. The maximum absolute atomic E-state index is 9.79. The second-order valence-corrected chi connectivity index (χ2v) is 4.75. The van der Waals surface area contributed by atoms with E-state index < -0.39 is 12.2 Å². The van der Waals surface area contributed by atoms with Crippen molar-refractivity contribution >= 4 is 0 Å². The zero-order valence-electron chi connectivity index (χ0n) is 10.5. The highest BCUT2D eigenvalue weighted by Gasteiger charge is 2.35. The predicted molar refractivity (Wildman–Crippen MR) is 68.5 cm³/mol. The summed E-state index contributed by atoms with van der Waals surface area (Å²) >= 11 is 0. The Balaban J connectivity index is 2.51. The van der Waals surface area contributed by atoms with Crippen LogP contribution >= 0.6 is 0 Å². The van der Waals surface area contributed by atoms with Gasteiger partial charge in [-0.3, -0.25) is 0 Å². The number of unbranched alkanes of at least 4 members (excludes halogenated alkanes) is 1. The highest BCUT2D eigenvalue weighted by atomic mass is 16.3. The molecule has 0 aromatic rings. The van der Waals surface area contributed by atoms with Crippen molar-refractivity contribution in [1.29, 1.82) is 0 Å². The van der Waals surface area contributed by atoms with Crippen LogP contribution in [0.1, 0.15) is 32.6 Å². The molecule has 0 aromatic carbocycles. The molecule has 0 saturated heterocycles. The second kappa shape index (κ2) is 7.64. The number of rotatable bonds is 5. The number of hydrogen-bond donors (Lipinski definition) is 3. The van der Waals surface area contributed by atoms with Crippen molar-refractivity contribution in [1.82, 2.24) is 0 Å². The summed E-state index contributed by atoms with van der Waals surface area (Å²) in [6, 6.07) is 0. The van der Waals surface area contributed by atoms with Crippen molar-refractivity contribution < 1.29 is 15.3 Å². The van der Waals surface area contributed by atoms with Gasteiger partial charge in [-0.1, -0.05) is 37.6 Å². The van der Waals surface area contributed by atoms with Crippen LogP contribution in [-0.4, -0.2) is 34.1 Å². The van der Waals surface area contributed by atoms with Crippen LogP contribution in [0.5, 0.6) is 0 Å². The molecule has 0 spiro atoms. The van der Waals surface area contributed by atoms with E-state index in [1.54, 1.807) is 0 Å². The molecule has 0 aromatic heterocycles. The summed E-state index contributed by atoms with van der Waals surface area (Å²) in [7, 11) is 0. The molecule has 1 aliphatic rings. The van der Waals surface area contributed by atoms with E-state index in [1.165, 1.54) is 0 Å². The Morgan fingerprint density at radius 1 is 1.18 bits per heavy atom. The lowest BCUT2D eigenvalue weighted by atomic mass is 9.76. The third-order valence-electron chi connectivity index (χ3n) is 3.45. The number of allylic oxidation sites excluding steroid dienone is 4. The third-order valence-corrected chi connectivity index (χ3v) is 3.45. The first-order valence-electron chi connectivity index (χ1n) is 6.51. The van der Waals surface area contributed by atoms with E-state index in [0.29, 0.717) is 6.42 Å². The molecule has 0 amide bonds. The Labute approximate surface area is 103 Å². The lowest BCUT2D eigenvalue weighted by molar-refractivity contribution is -0.0733. The molecule has 3 nitrogen and oxygen atoms in total. The van der Waals surface area contributed by atoms with Crippen LogP contribution in [-0.2, 0) is 0 Å². The molecular weight excluding hydrogens is 216 g/mol. The normalized spacial score (nSPS) is 34.8.